The maximum atomic E-state index is 12.5. The first kappa shape index (κ1) is 23.3. The van der Waals surface area contributed by atoms with Gasteiger partial charge in [0.25, 0.3) is 15.9 Å². The zero-order valence-corrected chi connectivity index (χ0v) is 20.0. The Morgan fingerprint density at radius 2 is 1.71 bits per heavy atom. The molecular formula is C21H16BrCl2N3O3S. The Morgan fingerprint density at radius 1 is 1.00 bits per heavy atom. The molecule has 0 aromatic heterocycles. The number of benzene rings is 3. The molecule has 0 aliphatic heterocycles. The van der Waals surface area contributed by atoms with Gasteiger partial charge in [0.1, 0.15) is 0 Å². The number of nitrogens with zero attached hydrogens (tertiary/aromatic N) is 1. The number of anilines is 1. The first-order valence-corrected chi connectivity index (χ1v) is 11.9. The predicted octanol–water partition coefficient (Wildman–Crippen LogP) is 5.71. The Balaban J connectivity index is 1.75. The lowest BCUT2D eigenvalue weighted by Gasteiger charge is -2.09. The summed E-state index contributed by atoms with van der Waals surface area (Å²) in [6, 6.07) is 17.6. The summed E-state index contributed by atoms with van der Waals surface area (Å²) in [6.45, 7) is 1.65. The quantitative estimate of drug-likeness (QED) is 0.310. The van der Waals surface area contributed by atoms with Crippen LogP contribution in [0.2, 0.25) is 10.0 Å². The Morgan fingerprint density at radius 3 is 2.39 bits per heavy atom. The van der Waals surface area contributed by atoms with Crippen LogP contribution in [0.1, 0.15) is 22.8 Å². The monoisotopic (exact) mass is 539 g/mol. The van der Waals surface area contributed by atoms with Crippen LogP contribution in [0.15, 0.2) is 81.2 Å². The molecule has 0 bridgehead atoms. The molecule has 3 aromatic carbocycles. The standard InChI is InChI=1S/C21H16BrCl2N3O3S/c1-13(26-27-31(29,30)18-8-5-15(22)6-9-18)14-3-2-4-17(11-14)25-21(28)19-10-7-16(23)12-20(19)24/h2-12,27H,1H3,(H,25,28). The van der Waals surface area contributed by atoms with Crippen LogP contribution in [0.5, 0.6) is 0 Å². The van der Waals surface area contributed by atoms with E-state index in [9.17, 15) is 13.2 Å². The average Bonchev–Trinajstić information content (AvgIpc) is 2.72. The highest BCUT2D eigenvalue weighted by Gasteiger charge is 2.14. The van der Waals surface area contributed by atoms with Crippen molar-refractivity contribution < 1.29 is 13.2 Å². The normalized spacial score (nSPS) is 11.8. The Bertz CT molecular complexity index is 1260. The number of hydrogen-bond acceptors (Lipinski definition) is 4. The fourth-order valence-corrected chi connectivity index (χ4v) is 4.17. The van der Waals surface area contributed by atoms with Gasteiger partial charge in [-0.1, -0.05) is 51.3 Å². The first-order chi connectivity index (χ1) is 14.7. The molecule has 2 N–H and O–H groups in total. The fraction of sp³-hybridized carbons (Fsp3) is 0.0476. The molecule has 3 aromatic rings. The van der Waals surface area contributed by atoms with Crippen molar-refractivity contribution in [1.29, 1.82) is 0 Å². The van der Waals surface area contributed by atoms with Gasteiger partial charge in [-0.15, -0.1) is 0 Å². The van der Waals surface area contributed by atoms with Crippen LogP contribution < -0.4 is 10.1 Å². The maximum Gasteiger partial charge on any atom is 0.276 e. The van der Waals surface area contributed by atoms with Crippen LogP contribution in [0.4, 0.5) is 5.69 Å². The maximum absolute atomic E-state index is 12.5. The van der Waals surface area contributed by atoms with Crippen molar-refractivity contribution in [2.45, 2.75) is 11.8 Å². The number of amides is 1. The summed E-state index contributed by atoms with van der Waals surface area (Å²) in [5.41, 5.74) is 1.82. The number of hydrogen-bond donors (Lipinski definition) is 2. The first-order valence-electron chi connectivity index (χ1n) is 8.84. The minimum absolute atomic E-state index is 0.0908. The van der Waals surface area contributed by atoms with Gasteiger partial charge < -0.3 is 5.32 Å². The second kappa shape index (κ2) is 9.82. The lowest BCUT2D eigenvalue weighted by molar-refractivity contribution is 0.102. The van der Waals surface area contributed by atoms with Gasteiger partial charge in [-0.05, 0) is 67.1 Å². The highest BCUT2D eigenvalue weighted by atomic mass is 79.9. The smallest absolute Gasteiger partial charge is 0.276 e. The van der Waals surface area contributed by atoms with E-state index in [-0.39, 0.29) is 15.5 Å². The van der Waals surface area contributed by atoms with Gasteiger partial charge in [0.15, 0.2) is 0 Å². The van der Waals surface area contributed by atoms with E-state index in [1.165, 1.54) is 24.3 Å². The summed E-state index contributed by atoms with van der Waals surface area (Å²) in [6.07, 6.45) is 0. The summed E-state index contributed by atoms with van der Waals surface area (Å²) in [4.78, 5) is 14.8. The molecule has 0 unspecified atom stereocenters. The largest absolute Gasteiger partial charge is 0.322 e. The number of sulfonamides is 1. The molecule has 0 saturated carbocycles. The topological polar surface area (TPSA) is 87.6 Å². The zero-order valence-electron chi connectivity index (χ0n) is 16.1. The number of hydrazone groups is 1. The molecular weight excluding hydrogens is 525 g/mol. The van der Waals surface area contributed by atoms with E-state index in [1.807, 2.05) is 0 Å². The van der Waals surface area contributed by atoms with Crippen molar-refractivity contribution in [2.75, 3.05) is 5.32 Å². The van der Waals surface area contributed by atoms with Gasteiger partial charge in [0.2, 0.25) is 0 Å². The summed E-state index contributed by atoms with van der Waals surface area (Å²) in [7, 11) is -3.81. The number of halogens is 3. The zero-order chi connectivity index (χ0) is 22.6. The van der Waals surface area contributed by atoms with Gasteiger partial charge in [0.05, 0.1) is 21.2 Å². The Kier molecular flexibility index (Phi) is 7.38. The van der Waals surface area contributed by atoms with E-state index in [0.717, 1.165) is 4.47 Å². The summed E-state index contributed by atoms with van der Waals surface area (Å²) < 4.78 is 25.6. The second-order valence-corrected chi connectivity index (χ2v) is 9.83. The summed E-state index contributed by atoms with van der Waals surface area (Å²) in [5.74, 6) is -0.399. The average molecular weight is 541 g/mol. The molecule has 0 spiro atoms. The molecule has 6 nitrogen and oxygen atoms in total. The number of rotatable bonds is 6. The van der Waals surface area contributed by atoms with E-state index >= 15 is 0 Å². The third kappa shape index (κ3) is 6.07. The second-order valence-electron chi connectivity index (χ2n) is 6.40. The minimum atomic E-state index is -3.81. The SMILES string of the molecule is CC(=NNS(=O)(=O)c1ccc(Br)cc1)c1cccc(NC(=O)c2ccc(Cl)cc2Cl)c1. The Labute approximate surface area is 198 Å². The molecule has 0 fully saturated rings. The summed E-state index contributed by atoms with van der Waals surface area (Å²) in [5, 5.41) is 7.41. The number of carbonyl (C=O) groups excluding carboxylic acids is 1. The molecule has 0 aliphatic rings. The van der Waals surface area contributed by atoms with Gasteiger partial charge in [-0.3, -0.25) is 4.79 Å². The van der Waals surface area contributed by atoms with Crippen molar-refractivity contribution in [3.8, 4) is 0 Å². The number of carbonyl (C=O) groups is 1. The highest BCUT2D eigenvalue weighted by Crippen LogP contribution is 2.22. The molecule has 1 amide bonds. The van der Waals surface area contributed by atoms with Crippen molar-refractivity contribution in [2.24, 2.45) is 5.10 Å². The van der Waals surface area contributed by atoms with Crippen LogP contribution in [0.25, 0.3) is 0 Å². The van der Waals surface area contributed by atoms with E-state index in [4.69, 9.17) is 23.2 Å². The molecule has 0 radical (unpaired) electrons. The van der Waals surface area contributed by atoms with Crippen molar-refractivity contribution in [1.82, 2.24) is 4.83 Å². The van der Waals surface area contributed by atoms with Gasteiger partial charge in [0, 0.05) is 15.2 Å². The van der Waals surface area contributed by atoms with Crippen molar-refractivity contribution >= 4 is 66.5 Å². The summed E-state index contributed by atoms with van der Waals surface area (Å²) >= 11 is 15.2. The van der Waals surface area contributed by atoms with Gasteiger partial charge in [-0.2, -0.15) is 18.4 Å². The predicted molar refractivity (Wildman–Crippen MR) is 128 cm³/mol. The molecule has 0 heterocycles. The van der Waals surface area contributed by atoms with Crippen LogP contribution >= 0.6 is 39.1 Å². The molecule has 0 atom stereocenters. The van der Waals surface area contributed by atoms with Crippen LogP contribution in [0.3, 0.4) is 0 Å². The van der Waals surface area contributed by atoms with E-state index in [0.29, 0.717) is 22.0 Å². The highest BCUT2D eigenvalue weighted by molar-refractivity contribution is 9.10. The molecule has 10 heteroatoms. The van der Waals surface area contributed by atoms with E-state index in [2.05, 4.69) is 31.2 Å². The Hall–Kier alpha value is -2.39. The lowest BCUT2D eigenvalue weighted by atomic mass is 10.1. The molecule has 0 aliphatic carbocycles. The third-order valence-electron chi connectivity index (χ3n) is 4.17. The van der Waals surface area contributed by atoms with Crippen molar-refractivity contribution in [3.05, 3.63) is 92.4 Å². The van der Waals surface area contributed by atoms with Gasteiger partial charge in [-0.25, -0.2) is 0 Å². The molecule has 3 rings (SSSR count). The number of nitrogens with one attached hydrogen (secondary N) is 2. The van der Waals surface area contributed by atoms with Crippen LogP contribution in [-0.4, -0.2) is 20.0 Å². The molecule has 160 valence electrons. The van der Waals surface area contributed by atoms with Crippen molar-refractivity contribution in [3.63, 3.8) is 0 Å². The third-order valence-corrected chi connectivity index (χ3v) is 6.47. The molecule has 0 saturated heterocycles. The van der Waals surface area contributed by atoms with Crippen LogP contribution in [-0.2, 0) is 10.0 Å². The minimum Gasteiger partial charge on any atom is -0.322 e. The lowest BCUT2D eigenvalue weighted by Crippen LogP contribution is -2.20. The van der Waals surface area contributed by atoms with Gasteiger partial charge >= 0.3 is 0 Å². The fourth-order valence-electron chi connectivity index (χ4n) is 2.55. The van der Waals surface area contributed by atoms with Crippen LogP contribution in [0, 0.1) is 0 Å². The van der Waals surface area contributed by atoms with E-state index in [1.54, 1.807) is 49.4 Å². The van der Waals surface area contributed by atoms with E-state index < -0.39 is 15.9 Å². The molecule has 31 heavy (non-hydrogen) atoms.